The van der Waals surface area contributed by atoms with E-state index in [4.69, 9.17) is 34.3 Å². The second-order valence-corrected chi connectivity index (χ2v) is 15.8. The average molecular weight is 804 g/mol. The van der Waals surface area contributed by atoms with Crippen molar-refractivity contribution in [3.8, 4) is 6.07 Å². The van der Waals surface area contributed by atoms with Gasteiger partial charge in [-0.3, -0.25) is 9.05 Å². The zero-order valence-corrected chi connectivity index (χ0v) is 34.9. The summed E-state index contributed by atoms with van der Waals surface area (Å²) in [4.78, 5) is 14.5. The molecule has 0 saturated carbocycles. The number of hydrogen-bond donors (Lipinski definition) is 2. The summed E-state index contributed by atoms with van der Waals surface area (Å²) in [6.45, 7) is 6.26. The van der Waals surface area contributed by atoms with Gasteiger partial charge in [-0.1, -0.05) is 123 Å². The lowest BCUT2D eigenvalue weighted by Crippen LogP contribution is -2.26. The van der Waals surface area contributed by atoms with Crippen molar-refractivity contribution >= 4 is 19.2 Å². The highest BCUT2D eigenvalue weighted by Gasteiger charge is 2.32. The van der Waals surface area contributed by atoms with Crippen LogP contribution in [0.5, 0.6) is 0 Å². The first kappa shape index (κ1) is 47.4. The number of phosphoric acid groups is 1. The monoisotopic (exact) mass is 803 g/mol. The summed E-state index contributed by atoms with van der Waals surface area (Å²) < 4.78 is 57.6. The number of ether oxygens (including phenoxy) is 3. The molecule has 2 aromatic heterocycles. The van der Waals surface area contributed by atoms with E-state index in [-0.39, 0.29) is 43.7 Å². The molecule has 0 radical (unpaired) electrons. The van der Waals surface area contributed by atoms with Crippen molar-refractivity contribution in [2.24, 2.45) is 0 Å². The van der Waals surface area contributed by atoms with Crippen molar-refractivity contribution in [1.82, 2.24) is 14.6 Å². The van der Waals surface area contributed by atoms with Gasteiger partial charge in [-0.2, -0.15) is 10.4 Å². The molecule has 0 aliphatic carbocycles. The van der Waals surface area contributed by atoms with Gasteiger partial charge in [0.2, 0.25) is 0 Å². The number of anilines is 1. The van der Waals surface area contributed by atoms with Crippen LogP contribution < -0.4 is 5.73 Å². The number of nitrogens with zero attached hydrogens (tertiary/aromatic N) is 4. The molecule has 1 aromatic carbocycles. The summed E-state index contributed by atoms with van der Waals surface area (Å²) in [6.07, 6.45) is 21.7. The van der Waals surface area contributed by atoms with Gasteiger partial charge in [-0.25, -0.2) is 18.5 Å². The Bertz CT molecular complexity index is 1610. The van der Waals surface area contributed by atoms with Crippen LogP contribution in [0.3, 0.4) is 0 Å². The Kier molecular flexibility index (Phi) is 23.4. The van der Waals surface area contributed by atoms with Gasteiger partial charge in [0.05, 0.1) is 49.9 Å². The van der Waals surface area contributed by atoms with E-state index in [1.54, 1.807) is 4.52 Å². The minimum absolute atomic E-state index is 0.0867. The van der Waals surface area contributed by atoms with Crippen LogP contribution in [-0.2, 0) is 34.4 Å². The number of unbranched alkanes of at least 4 members (excludes halogenated alkanes) is 15. The van der Waals surface area contributed by atoms with E-state index in [1.807, 2.05) is 32.0 Å². The topological polar surface area (TPSA) is 163 Å². The number of hydrogen-bond acceptors (Lipinski definition) is 10. The third-order valence-electron chi connectivity index (χ3n) is 9.90. The van der Waals surface area contributed by atoms with E-state index in [9.17, 15) is 13.8 Å². The van der Waals surface area contributed by atoms with E-state index in [1.165, 1.54) is 102 Å². The van der Waals surface area contributed by atoms with E-state index in [0.717, 1.165) is 31.0 Å². The quantitative estimate of drug-likeness (QED) is 0.0507. The summed E-state index contributed by atoms with van der Waals surface area (Å²) >= 11 is 0. The molecule has 4 rings (SSSR count). The average Bonchev–Trinajstić information content (AvgIpc) is 3.87. The molecule has 1 aliphatic rings. The molecular weight excluding hydrogens is 736 g/mol. The summed E-state index contributed by atoms with van der Waals surface area (Å²) in [7, 11) is -4.49. The molecule has 56 heavy (non-hydrogen) atoms. The number of aromatic nitrogens is 3. The SMILES string of the molecule is CC.CCCCCCCCCCCCCCCCCCOCC(COP(=O)(O)OCC1CCC(c2ccc3c(N)ncnn23)O1)OCc1ccc(C#N)cc1F. The van der Waals surface area contributed by atoms with Gasteiger partial charge >= 0.3 is 7.82 Å². The van der Waals surface area contributed by atoms with Crippen LogP contribution in [-0.4, -0.2) is 58.1 Å². The molecular formula is C42H67FN5O7P. The number of nitriles is 1. The fourth-order valence-electron chi connectivity index (χ4n) is 6.71. The van der Waals surface area contributed by atoms with Crippen LogP contribution in [0.25, 0.3) is 5.52 Å². The van der Waals surface area contributed by atoms with Gasteiger partial charge < -0.3 is 24.8 Å². The maximum Gasteiger partial charge on any atom is 0.472 e. The second-order valence-electron chi connectivity index (χ2n) is 14.3. The minimum Gasteiger partial charge on any atom is -0.382 e. The first-order chi connectivity index (χ1) is 27.3. The lowest BCUT2D eigenvalue weighted by Gasteiger charge is -2.21. The van der Waals surface area contributed by atoms with Gasteiger partial charge in [-0.15, -0.1) is 0 Å². The molecule has 0 spiro atoms. The lowest BCUT2D eigenvalue weighted by atomic mass is 10.0. The van der Waals surface area contributed by atoms with E-state index >= 15 is 0 Å². The third kappa shape index (κ3) is 17.7. The van der Waals surface area contributed by atoms with E-state index in [0.29, 0.717) is 30.8 Å². The molecule has 4 unspecified atom stereocenters. The highest BCUT2D eigenvalue weighted by molar-refractivity contribution is 7.47. The Morgan fingerprint density at radius 2 is 1.59 bits per heavy atom. The molecule has 4 atom stereocenters. The van der Waals surface area contributed by atoms with Crippen LogP contribution in [0, 0.1) is 17.1 Å². The molecule has 314 valence electrons. The summed E-state index contributed by atoms with van der Waals surface area (Å²) in [5.74, 6) is -0.208. The smallest absolute Gasteiger partial charge is 0.382 e. The van der Waals surface area contributed by atoms with Crippen LogP contribution >= 0.6 is 7.82 Å². The van der Waals surface area contributed by atoms with Gasteiger partial charge in [0.25, 0.3) is 0 Å². The van der Waals surface area contributed by atoms with Crippen LogP contribution in [0.2, 0.25) is 0 Å². The van der Waals surface area contributed by atoms with Crippen LogP contribution in [0.1, 0.15) is 159 Å². The molecule has 1 fully saturated rings. The molecule has 3 aromatic rings. The van der Waals surface area contributed by atoms with Crippen molar-refractivity contribution in [2.45, 2.75) is 161 Å². The summed E-state index contributed by atoms with van der Waals surface area (Å²) in [6, 6.07) is 9.75. The predicted octanol–water partition coefficient (Wildman–Crippen LogP) is 10.6. The molecule has 0 bridgehead atoms. The third-order valence-corrected chi connectivity index (χ3v) is 10.8. The number of fused-ring (bicyclic) bond motifs is 1. The zero-order chi connectivity index (χ0) is 40.4. The Labute approximate surface area is 334 Å². The predicted molar refractivity (Wildman–Crippen MR) is 217 cm³/mol. The van der Waals surface area contributed by atoms with E-state index in [2.05, 4.69) is 17.0 Å². The number of rotatable bonds is 29. The molecule has 1 aliphatic heterocycles. The highest BCUT2D eigenvalue weighted by Crippen LogP contribution is 2.45. The van der Waals surface area contributed by atoms with Gasteiger partial charge in [0.1, 0.15) is 29.9 Å². The molecule has 0 amide bonds. The second kappa shape index (κ2) is 27.6. The van der Waals surface area contributed by atoms with Crippen molar-refractivity contribution in [3.05, 3.63) is 59.3 Å². The largest absolute Gasteiger partial charge is 0.472 e. The number of nitrogens with two attached hydrogens (primary N) is 1. The van der Waals surface area contributed by atoms with Crippen molar-refractivity contribution in [3.63, 3.8) is 0 Å². The standard InChI is InChI=1S/C40H61FN5O7P.C2H6/c1-2-3-4-5-6-7-8-9-10-11-12-13-14-15-16-17-24-49-28-35(50-27-33-19-18-32(26-42)25-36(33)41)30-52-54(47,48)51-29-34-20-23-39(53-34)37-21-22-38-40(43)44-31-45-46(37)38;1-2/h18-19,21-22,25,31,34-35,39H,2-17,20,23-24,27-30H2,1H3,(H,47,48)(H2,43,44,45);1-2H3. The Balaban J connectivity index is 0.00000414. The van der Waals surface area contributed by atoms with Gasteiger partial charge in [0.15, 0.2) is 5.82 Å². The van der Waals surface area contributed by atoms with Crippen molar-refractivity contribution in [1.29, 1.82) is 5.26 Å². The normalized spacial score (nSPS) is 17.0. The fourth-order valence-corrected chi connectivity index (χ4v) is 7.49. The summed E-state index contributed by atoms with van der Waals surface area (Å²) in [5.41, 5.74) is 7.89. The lowest BCUT2D eigenvalue weighted by molar-refractivity contribution is -0.0535. The number of halogens is 1. The Hall–Kier alpha value is -2.95. The maximum absolute atomic E-state index is 14.5. The van der Waals surface area contributed by atoms with Gasteiger partial charge in [-0.05, 0) is 43.5 Å². The zero-order valence-electron chi connectivity index (χ0n) is 34.0. The number of phosphoric ester groups is 1. The molecule has 14 heteroatoms. The highest BCUT2D eigenvalue weighted by atomic mass is 31.2. The minimum atomic E-state index is -4.49. The van der Waals surface area contributed by atoms with E-state index < -0.39 is 25.8 Å². The summed E-state index contributed by atoms with van der Waals surface area (Å²) in [5, 5.41) is 13.3. The first-order valence-electron chi connectivity index (χ1n) is 21.0. The molecule has 12 nitrogen and oxygen atoms in total. The maximum atomic E-state index is 14.5. The molecule has 3 N–H and O–H groups in total. The molecule has 1 saturated heterocycles. The first-order valence-corrected chi connectivity index (χ1v) is 22.5. The molecule has 3 heterocycles. The Morgan fingerprint density at radius 1 is 0.946 bits per heavy atom. The van der Waals surface area contributed by atoms with Crippen LogP contribution in [0.15, 0.2) is 36.7 Å². The fraction of sp³-hybridized carbons (Fsp3) is 0.690. The van der Waals surface area contributed by atoms with Crippen molar-refractivity contribution in [2.75, 3.05) is 32.2 Å². The number of nitrogen functional groups attached to an aromatic ring is 1. The van der Waals surface area contributed by atoms with Gasteiger partial charge in [0, 0.05) is 12.2 Å². The van der Waals surface area contributed by atoms with Crippen molar-refractivity contribution < 1.29 is 37.1 Å². The number of benzene rings is 1. The Morgan fingerprint density at radius 3 is 2.21 bits per heavy atom. The van der Waals surface area contributed by atoms with Crippen LogP contribution in [0.4, 0.5) is 10.2 Å².